The number of nitriles is 1. The molecule has 0 aliphatic carbocycles. The van der Waals surface area contributed by atoms with Gasteiger partial charge >= 0.3 is 0 Å². The van der Waals surface area contributed by atoms with Crippen molar-refractivity contribution in [1.82, 2.24) is 4.90 Å². The maximum absolute atomic E-state index is 13.7. The van der Waals surface area contributed by atoms with Crippen molar-refractivity contribution in [2.75, 3.05) is 20.2 Å². The maximum Gasteiger partial charge on any atom is 0.127 e. The Labute approximate surface area is 113 Å². The molecule has 0 spiro atoms. The fraction of sp³-hybridized carbons (Fsp3) is 0.533. The molecule has 3 nitrogen and oxygen atoms in total. The quantitative estimate of drug-likeness (QED) is 0.840. The molecule has 1 aliphatic rings. The van der Waals surface area contributed by atoms with E-state index in [2.05, 4.69) is 11.8 Å². The summed E-state index contributed by atoms with van der Waals surface area (Å²) < 4.78 is 19.2. The lowest BCUT2D eigenvalue weighted by Crippen LogP contribution is -2.43. The maximum atomic E-state index is 13.7. The van der Waals surface area contributed by atoms with E-state index in [0.717, 1.165) is 19.5 Å². The summed E-state index contributed by atoms with van der Waals surface area (Å²) in [6.45, 7) is 4.47. The summed E-state index contributed by atoms with van der Waals surface area (Å²) in [6.07, 6.45) is 1.26. The van der Waals surface area contributed by atoms with Crippen molar-refractivity contribution in [3.8, 4) is 6.07 Å². The second-order valence-corrected chi connectivity index (χ2v) is 5.19. The van der Waals surface area contributed by atoms with E-state index in [1.807, 2.05) is 6.07 Å². The first-order valence-electron chi connectivity index (χ1n) is 6.57. The number of hydrogen-bond donors (Lipinski definition) is 0. The number of methoxy groups -OCH3 is 1. The van der Waals surface area contributed by atoms with Crippen molar-refractivity contribution in [3.05, 3.63) is 35.1 Å². The van der Waals surface area contributed by atoms with Gasteiger partial charge in [-0.15, -0.1) is 0 Å². The first kappa shape index (κ1) is 14.0. The van der Waals surface area contributed by atoms with E-state index in [4.69, 9.17) is 10.00 Å². The molecule has 1 saturated heterocycles. The van der Waals surface area contributed by atoms with Gasteiger partial charge < -0.3 is 4.74 Å². The van der Waals surface area contributed by atoms with Gasteiger partial charge in [0.05, 0.1) is 17.7 Å². The third kappa shape index (κ3) is 3.31. The molecule has 4 heteroatoms. The smallest absolute Gasteiger partial charge is 0.127 e. The van der Waals surface area contributed by atoms with Crippen LogP contribution < -0.4 is 0 Å². The molecular weight excluding hydrogens is 243 g/mol. The summed E-state index contributed by atoms with van der Waals surface area (Å²) in [7, 11) is 1.72. The molecular formula is C15H19FN2O. The molecule has 0 bridgehead atoms. The predicted molar refractivity (Wildman–Crippen MR) is 71.0 cm³/mol. The lowest BCUT2D eigenvalue weighted by Gasteiger charge is -2.36. The topological polar surface area (TPSA) is 36.3 Å². The minimum Gasteiger partial charge on any atom is -0.380 e. The molecule has 102 valence electrons. The van der Waals surface area contributed by atoms with Gasteiger partial charge in [-0.2, -0.15) is 5.26 Å². The van der Waals surface area contributed by atoms with Crippen molar-refractivity contribution in [3.63, 3.8) is 0 Å². The average molecular weight is 262 g/mol. The summed E-state index contributed by atoms with van der Waals surface area (Å²) in [4.78, 5) is 2.19. The SMILES string of the molecule is COC1CN(Cc2cc(C#N)ccc2F)CCC1C. The molecule has 2 atom stereocenters. The largest absolute Gasteiger partial charge is 0.380 e. The lowest BCUT2D eigenvalue weighted by atomic mass is 9.95. The highest BCUT2D eigenvalue weighted by molar-refractivity contribution is 5.33. The molecule has 1 aromatic rings. The third-order valence-corrected chi connectivity index (χ3v) is 3.85. The first-order valence-corrected chi connectivity index (χ1v) is 6.57. The van der Waals surface area contributed by atoms with Crippen molar-refractivity contribution in [2.24, 2.45) is 5.92 Å². The van der Waals surface area contributed by atoms with E-state index in [1.54, 1.807) is 13.2 Å². The van der Waals surface area contributed by atoms with Crippen LogP contribution in [0.2, 0.25) is 0 Å². The minimum absolute atomic E-state index is 0.205. The van der Waals surface area contributed by atoms with Gasteiger partial charge in [0.2, 0.25) is 0 Å². The van der Waals surface area contributed by atoms with Crippen LogP contribution in [0.15, 0.2) is 18.2 Å². The van der Waals surface area contributed by atoms with Crippen LogP contribution in [0.5, 0.6) is 0 Å². The fourth-order valence-corrected chi connectivity index (χ4v) is 2.55. The molecule has 1 aliphatic heterocycles. The Morgan fingerprint density at radius 2 is 2.32 bits per heavy atom. The number of halogens is 1. The van der Waals surface area contributed by atoms with Gasteiger partial charge in [-0.1, -0.05) is 6.92 Å². The average Bonchev–Trinajstić information content (AvgIpc) is 2.43. The van der Waals surface area contributed by atoms with Crippen LogP contribution in [0.1, 0.15) is 24.5 Å². The number of likely N-dealkylation sites (tertiary alicyclic amines) is 1. The highest BCUT2D eigenvalue weighted by Crippen LogP contribution is 2.22. The molecule has 0 aromatic heterocycles. The Kier molecular flexibility index (Phi) is 4.52. The third-order valence-electron chi connectivity index (χ3n) is 3.85. The van der Waals surface area contributed by atoms with Gasteiger partial charge in [0, 0.05) is 25.8 Å². The summed E-state index contributed by atoms with van der Waals surface area (Å²) in [5, 5.41) is 8.87. The highest BCUT2D eigenvalue weighted by Gasteiger charge is 2.26. The van der Waals surface area contributed by atoms with Gasteiger partial charge in [0.1, 0.15) is 5.82 Å². The minimum atomic E-state index is -0.244. The van der Waals surface area contributed by atoms with Gasteiger partial charge in [0.25, 0.3) is 0 Å². The zero-order valence-corrected chi connectivity index (χ0v) is 11.4. The Bertz CT molecular complexity index is 484. The van der Waals surface area contributed by atoms with Crippen LogP contribution in [0.25, 0.3) is 0 Å². The second-order valence-electron chi connectivity index (χ2n) is 5.19. The van der Waals surface area contributed by atoms with E-state index < -0.39 is 0 Å². The Morgan fingerprint density at radius 3 is 3.00 bits per heavy atom. The predicted octanol–water partition coefficient (Wildman–Crippen LogP) is 2.55. The molecule has 1 heterocycles. The number of ether oxygens (including phenoxy) is 1. The van der Waals surface area contributed by atoms with E-state index in [0.29, 0.717) is 23.6 Å². The molecule has 0 N–H and O–H groups in total. The number of benzene rings is 1. The molecule has 0 amide bonds. The zero-order valence-electron chi connectivity index (χ0n) is 11.4. The molecule has 1 aromatic carbocycles. The Hall–Kier alpha value is -1.44. The van der Waals surface area contributed by atoms with Crippen molar-refractivity contribution < 1.29 is 9.13 Å². The second kappa shape index (κ2) is 6.14. The van der Waals surface area contributed by atoms with Gasteiger partial charge in [-0.05, 0) is 37.1 Å². The van der Waals surface area contributed by atoms with Crippen molar-refractivity contribution in [2.45, 2.75) is 26.0 Å². The standard InChI is InChI=1S/C15H19FN2O/c1-11-5-6-18(10-15(11)19-2)9-13-7-12(8-17)3-4-14(13)16/h3-4,7,11,15H,5-6,9-10H2,1-2H3. The van der Waals surface area contributed by atoms with Crippen LogP contribution in [0, 0.1) is 23.1 Å². The number of piperidine rings is 1. The summed E-state index contributed by atoms with van der Waals surface area (Å²) >= 11 is 0. The monoisotopic (exact) mass is 262 g/mol. The van der Waals surface area contributed by atoms with E-state index in [-0.39, 0.29) is 11.9 Å². The highest BCUT2D eigenvalue weighted by atomic mass is 19.1. The van der Waals surface area contributed by atoms with E-state index >= 15 is 0 Å². The number of nitrogens with zero attached hydrogens (tertiary/aromatic N) is 2. The zero-order chi connectivity index (χ0) is 13.8. The van der Waals surface area contributed by atoms with Crippen LogP contribution in [-0.2, 0) is 11.3 Å². The van der Waals surface area contributed by atoms with Crippen LogP contribution in [0.3, 0.4) is 0 Å². The molecule has 0 radical (unpaired) electrons. The summed E-state index contributed by atoms with van der Waals surface area (Å²) in [5.74, 6) is 0.295. The van der Waals surface area contributed by atoms with Gasteiger partial charge in [-0.3, -0.25) is 4.90 Å². The number of rotatable bonds is 3. The van der Waals surface area contributed by atoms with Gasteiger partial charge in [-0.25, -0.2) is 4.39 Å². The normalized spacial score (nSPS) is 24.1. The first-order chi connectivity index (χ1) is 9.13. The lowest BCUT2D eigenvalue weighted by molar-refractivity contribution is -0.00772. The molecule has 1 fully saturated rings. The van der Waals surface area contributed by atoms with E-state index in [1.165, 1.54) is 12.1 Å². The van der Waals surface area contributed by atoms with Crippen LogP contribution >= 0.6 is 0 Å². The molecule has 2 rings (SSSR count). The Morgan fingerprint density at radius 1 is 1.53 bits per heavy atom. The summed E-state index contributed by atoms with van der Waals surface area (Å²) in [5.41, 5.74) is 1.09. The fourth-order valence-electron chi connectivity index (χ4n) is 2.55. The van der Waals surface area contributed by atoms with E-state index in [9.17, 15) is 4.39 Å². The number of hydrogen-bond acceptors (Lipinski definition) is 3. The molecule has 19 heavy (non-hydrogen) atoms. The molecule has 0 saturated carbocycles. The van der Waals surface area contributed by atoms with Crippen molar-refractivity contribution >= 4 is 0 Å². The van der Waals surface area contributed by atoms with Crippen molar-refractivity contribution in [1.29, 1.82) is 5.26 Å². The summed E-state index contributed by atoms with van der Waals surface area (Å²) in [6, 6.07) is 6.56. The van der Waals surface area contributed by atoms with Gasteiger partial charge in [0.15, 0.2) is 0 Å². The molecule has 2 unspecified atom stereocenters. The van der Waals surface area contributed by atoms with Crippen LogP contribution in [-0.4, -0.2) is 31.2 Å². The Balaban J connectivity index is 2.07. The van der Waals surface area contributed by atoms with Crippen LogP contribution in [0.4, 0.5) is 4.39 Å².